The number of carbonyl (C=O) groups is 3. The topological polar surface area (TPSA) is 78.9 Å². The first-order valence-electron chi connectivity index (χ1n) is 9.98. The normalized spacial score (nSPS) is 11.1. The van der Waals surface area contributed by atoms with Gasteiger partial charge in [0.25, 0.3) is 0 Å². The minimum absolute atomic E-state index is 0.139. The van der Waals surface area contributed by atoms with E-state index in [1.807, 2.05) is 0 Å². The number of unbranched alkanes of at least 4 members (excludes halogenated alkanes) is 6. The summed E-state index contributed by atoms with van der Waals surface area (Å²) in [6.07, 6.45) is 7.23. The summed E-state index contributed by atoms with van der Waals surface area (Å²) < 4.78 is 15.2. The molecule has 0 saturated heterocycles. The number of esters is 3. The van der Waals surface area contributed by atoms with Gasteiger partial charge < -0.3 is 14.2 Å². The lowest BCUT2D eigenvalue weighted by atomic mass is 9.79. The molecule has 0 rings (SSSR count). The molecule has 0 saturated carbocycles. The maximum absolute atomic E-state index is 12.6. The van der Waals surface area contributed by atoms with Crippen molar-refractivity contribution in [1.29, 1.82) is 0 Å². The van der Waals surface area contributed by atoms with Crippen LogP contribution < -0.4 is 0 Å². The number of rotatable bonds is 15. The predicted octanol–water partition coefficient (Wildman–Crippen LogP) is 4.19. The van der Waals surface area contributed by atoms with E-state index in [4.69, 9.17) is 14.2 Å². The van der Waals surface area contributed by atoms with Crippen LogP contribution in [-0.4, -0.2) is 37.7 Å². The SMILES string of the molecule is CCCCCCCCCC(CC(=O)OCC)(C(=O)OCC)C(=O)OCC. The second-order valence-corrected chi connectivity index (χ2v) is 6.38. The maximum Gasteiger partial charge on any atom is 0.324 e. The van der Waals surface area contributed by atoms with Gasteiger partial charge in [-0.2, -0.15) is 0 Å². The Morgan fingerprint density at radius 3 is 1.58 bits per heavy atom. The molecule has 0 aliphatic rings. The third kappa shape index (κ3) is 8.68. The summed E-state index contributed by atoms with van der Waals surface area (Å²) in [5.74, 6) is -1.98. The summed E-state index contributed by atoms with van der Waals surface area (Å²) in [5, 5.41) is 0. The molecule has 0 amide bonds. The van der Waals surface area contributed by atoms with Crippen LogP contribution in [0.4, 0.5) is 0 Å². The number of carbonyl (C=O) groups excluding carboxylic acids is 3. The van der Waals surface area contributed by atoms with E-state index in [0.29, 0.717) is 6.42 Å². The molecule has 0 aromatic carbocycles. The van der Waals surface area contributed by atoms with Gasteiger partial charge in [-0.05, 0) is 27.2 Å². The van der Waals surface area contributed by atoms with Crippen LogP contribution in [0.3, 0.4) is 0 Å². The lowest BCUT2D eigenvalue weighted by Gasteiger charge is -2.28. The Balaban J connectivity index is 5.08. The molecule has 152 valence electrons. The average molecular weight is 373 g/mol. The van der Waals surface area contributed by atoms with Crippen LogP contribution in [0.5, 0.6) is 0 Å². The zero-order chi connectivity index (χ0) is 19.8. The van der Waals surface area contributed by atoms with Crippen LogP contribution in [0.15, 0.2) is 0 Å². The molecule has 0 fully saturated rings. The van der Waals surface area contributed by atoms with E-state index in [9.17, 15) is 14.4 Å². The Morgan fingerprint density at radius 2 is 1.12 bits per heavy atom. The lowest BCUT2D eigenvalue weighted by Crippen LogP contribution is -2.44. The van der Waals surface area contributed by atoms with E-state index < -0.39 is 23.3 Å². The van der Waals surface area contributed by atoms with Crippen molar-refractivity contribution in [3.63, 3.8) is 0 Å². The van der Waals surface area contributed by atoms with Crippen LogP contribution >= 0.6 is 0 Å². The summed E-state index contributed by atoms with van der Waals surface area (Å²) in [6.45, 7) is 7.67. The van der Waals surface area contributed by atoms with Gasteiger partial charge in [-0.3, -0.25) is 14.4 Å². The molecular weight excluding hydrogens is 336 g/mol. The van der Waals surface area contributed by atoms with Gasteiger partial charge in [0.15, 0.2) is 5.41 Å². The molecule has 0 aromatic rings. The summed E-state index contributed by atoms with van der Waals surface area (Å²) in [6, 6.07) is 0. The van der Waals surface area contributed by atoms with Gasteiger partial charge in [-0.15, -0.1) is 0 Å². The zero-order valence-electron chi connectivity index (χ0n) is 16.9. The van der Waals surface area contributed by atoms with Gasteiger partial charge >= 0.3 is 17.9 Å². The molecule has 0 radical (unpaired) electrons. The quantitative estimate of drug-likeness (QED) is 0.186. The molecule has 0 aliphatic heterocycles. The minimum atomic E-state index is -1.61. The first kappa shape index (κ1) is 24.4. The second kappa shape index (κ2) is 14.6. The minimum Gasteiger partial charge on any atom is -0.466 e. The van der Waals surface area contributed by atoms with Crippen LogP contribution in [0.25, 0.3) is 0 Å². The van der Waals surface area contributed by atoms with Crippen molar-refractivity contribution in [3.8, 4) is 0 Å². The summed E-state index contributed by atoms with van der Waals surface area (Å²) in [5.41, 5.74) is -1.61. The molecule has 0 bridgehead atoms. The number of ether oxygens (including phenoxy) is 3. The second-order valence-electron chi connectivity index (χ2n) is 6.38. The smallest absolute Gasteiger partial charge is 0.324 e. The van der Waals surface area contributed by atoms with Crippen molar-refractivity contribution >= 4 is 17.9 Å². The average Bonchev–Trinajstić information content (AvgIpc) is 2.60. The Morgan fingerprint density at radius 1 is 0.654 bits per heavy atom. The third-order valence-corrected chi connectivity index (χ3v) is 4.29. The Kier molecular flexibility index (Phi) is 13.7. The van der Waals surface area contributed by atoms with Gasteiger partial charge in [0.05, 0.1) is 26.2 Å². The van der Waals surface area contributed by atoms with Crippen LogP contribution in [0, 0.1) is 5.41 Å². The van der Waals surface area contributed by atoms with Crippen molar-refractivity contribution in [2.24, 2.45) is 5.41 Å². The molecular formula is C20H36O6. The fraction of sp³-hybridized carbons (Fsp3) is 0.850. The third-order valence-electron chi connectivity index (χ3n) is 4.29. The number of hydrogen-bond acceptors (Lipinski definition) is 6. The summed E-state index contributed by atoms with van der Waals surface area (Å²) in [7, 11) is 0. The van der Waals surface area contributed by atoms with Gasteiger partial charge in [0, 0.05) is 0 Å². The van der Waals surface area contributed by atoms with E-state index >= 15 is 0 Å². The molecule has 0 spiro atoms. The van der Waals surface area contributed by atoms with E-state index in [1.165, 1.54) is 19.3 Å². The van der Waals surface area contributed by atoms with Gasteiger partial charge in [-0.25, -0.2) is 0 Å². The summed E-state index contributed by atoms with van der Waals surface area (Å²) in [4.78, 5) is 37.2. The Bertz CT molecular complexity index is 401. The highest BCUT2D eigenvalue weighted by Crippen LogP contribution is 2.34. The highest BCUT2D eigenvalue weighted by atomic mass is 16.6. The number of hydrogen-bond donors (Lipinski definition) is 0. The largest absolute Gasteiger partial charge is 0.466 e. The molecule has 0 heterocycles. The standard InChI is InChI=1S/C20H36O6/c1-5-9-10-11-12-13-14-15-20(18(22)25-7-3,19(23)26-8-4)16-17(21)24-6-2/h5-16H2,1-4H3. The zero-order valence-corrected chi connectivity index (χ0v) is 16.9. The highest BCUT2D eigenvalue weighted by molar-refractivity contribution is 6.03. The Labute approximate surface area is 157 Å². The molecule has 0 atom stereocenters. The van der Waals surface area contributed by atoms with E-state index in [-0.39, 0.29) is 32.7 Å². The molecule has 26 heavy (non-hydrogen) atoms. The summed E-state index contributed by atoms with van der Waals surface area (Å²) >= 11 is 0. The van der Waals surface area contributed by atoms with Gasteiger partial charge in [-0.1, -0.05) is 51.9 Å². The van der Waals surface area contributed by atoms with E-state index in [0.717, 1.165) is 19.3 Å². The van der Waals surface area contributed by atoms with Crippen molar-refractivity contribution < 1.29 is 28.6 Å². The van der Waals surface area contributed by atoms with Crippen molar-refractivity contribution in [2.75, 3.05) is 19.8 Å². The van der Waals surface area contributed by atoms with Crippen molar-refractivity contribution in [1.82, 2.24) is 0 Å². The van der Waals surface area contributed by atoms with Gasteiger partial charge in [0.2, 0.25) is 0 Å². The van der Waals surface area contributed by atoms with Crippen LogP contribution in [0.1, 0.15) is 85.5 Å². The van der Waals surface area contributed by atoms with Crippen molar-refractivity contribution in [3.05, 3.63) is 0 Å². The van der Waals surface area contributed by atoms with Crippen LogP contribution in [0.2, 0.25) is 0 Å². The predicted molar refractivity (Wildman–Crippen MR) is 99.6 cm³/mol. The molecule has 6 heteroatoms. The monoisotopic (exact) mass is 372 g/mol. The highest BCUT2D eigenvalue weighted by Gasteiger charge is 2.50. The lowest BCUT2D eigenvalue weighted by molar-refractivity contribution is -0.177. The first-order chi connectivity index (χ1) is 12.5. The van der Waals surface area contributed by atoms with E-state index in [1.54, 1.807) is 20.8 Å². The van der Waals surface area contributed by atoms with Gasteiger partial charge in [0.1, 0.15) is 0 Å². The fourth-order valence-corrected chi connectivity index (χ4v) is 2.90. The Hall–Kier alpha value is -1.59. The fourth-order valence-electron chi connectivity index (χ4n) is 2.90. The molecule has 0 aliphatic carbocycles. The van der Waals surface area contributed by atoms with E-state index in [2.05, 4.69) is 6.92 Å². The maximum atomic E-state index is 12.6. The molecule has 0 aromatic heterocycles. The molecule has 6 nitrogen and oxygen atoms in total. The van der Waals surface area contributed by atoms with Crippen molar-refractivity contribution in [2.45, 2.75) is 85.5 Å². The molecule has 0 N–H and O–H groups in total. The van der Waals surface area contributed by atoms with Crippen LogP contribution in [-0.2, 0) is 28.6 Å². The first-order valence-corrected chi connectivity index (χ1v) is 9.98. The molecule has 0 unspecified atom stereocenters.